The summed E-state index contributed by atoms with van der Waals surface area (Å²) in [7, 11) is 3.22. The Hall–Kier alpha value is -3.72. The zero-order valence-corrected chi connectivity index (χ0v) is 18.8. The predicted molar refractivity (Wildman–Crippen MR) is 123 cm³/mol. The number of Topliss-reactive ketones (excluding diaryl/α,β-unsaturated/α-hetero) is 1. The van der Waals surface area contributed by atoms with E-state index in [1.54, 1.807) is 14.2 Å². The highest BCUT2D eigenvalue weighted by atomic mass is 16.5. The van der Waals surface area contributed by atoms with Gasteiger partial charge in [0.2, 0.25) is 0 Å². The number of benzene rings is 2. The number of ether oxygens (including phenoxy) is 2. The van der Waals surface area contributed by atoms with E-state index in [1.807, 2.05) is 53.4 Å². The van der Waals surface area contributed by atoms with E-state index in [2.05, 4.69) is 19.9 Å². The number of hydrogen-bond acceptors (Lipinski definition) is 6. The Morgan fingerprint density at radius 1 is 1.00 bits per heavy atom. The normalized spacial score (nSPS) is 20.0. The SMILES string of the molecule is COc1ccc([C@@H]2C(C#N)=C(N)N(c3ccc(OC)cc3)C3=C2C(=O)CC(C)(C)C3)cc1. The number of allylic oxidation sites excluding steroid dienone is 3. The summed E-state index contributed by atoms with van der Waals surface area (Å²) in [5.41, 5.74) is 9.95. The van der Waals surface area contributed by atoms with Crippen LogP contribution < -0.4 is 20.1 Å². The number of anilines is 1. The Bertz CT molecular complexity index is 1150. The van der Waals surface area contributed by atoms with Gasteiger partial charge < -0.3 is 15.2 Å². The number of nitriles is 1. The van der Waals surface area contributed by atoms with Crippen LogP contribution in [-0.4, -0.2) is 20.0 Å². The minimum absolute atomic E-state index is 0.0517. The molecule has 0 amide bonds. The lowest BCUT2D eigenvalue weighted by Crippen LogP contribution is -2.42. The van der Waals surface area contributed by atoms with Crippen LogP contribution >= 0.6 is 0 Å². The summed E-state index contributed by atoms with van der Waals surface area (Å²) in [6, 6.07) is 17.3. The number of ketones is 1. The molecule has 0 saturated heterocycles. The van der Waals surface area contributed by atoms with Crippen LogP contribution in [0.25, 0.3) is 0 Å². The van der Waals surface area contributed by atoms with Crippen molar-refractivity contribution in [2.75, 3.05) is 19.1 Å². The molecule has 0 saturated carbocycles. The number of hydrogen-bond donors (Lipinski definition) is 1. The zero-order valence-electron chi connectivity index (χ0n) is 18.8. The molecule has 2 N–H and O–H groups in total. The van der Waals surface area contributed by atoms with E-state index in [4.69, 9.17) is 15.2 Å². The molecule has 0 radical (unpaired) electrons. The van der Waals surface area contributed by atoms with Crippen LogP contribution in [0.5, 0.6) is 11.5 Å². The van der Waals surface area contributed by atoms with Gasteiger partial charge in [-0.25, -0.2) is 0 Å². The lowest BCUT2D eigenvalue weighted by molar-refractivity contribution is -0.118. The van der Waals surface area contributed by atoms with Gasteiger partial charge in [0.1, 0.15) is 17.3 Å². The lowest BCUT2D eigenvalue weighted by Gasteiger charge is -2.43. The summed E-state index contributed by atoms with van der Waals surface area (Å²) in [5, 5.41) is 10.1. The minimum atomic E-state index is -0.501. The summed E-state index contributed by atoms with van der Waals surface area (Å²) < 4.78 is 10.6. The van der Waals surface area contributed by atoms with E-state index in [0.29, 0.717) is 35.6 Å². The van der Waals surface area contributed by atoms with Crippen LogP contribution in [-0.2, 0) is 4.79 Å². The molecule has 6 nitrogen and oxygen atoms in total. The average Bonchev–Trinajstić information content (AvgIpc) is 2.78. The second-order valence-electron chi connectivity index (χ2n) is 8.95. The summed E-state index contributed by atoms with van der Waals surface area (Å²) in [6.07, 6.45) is 1.10. The van der Waals surface area contributed by atoms with Crippen molar-refractivity contribution >= 4 is 11.5 Å². The van der Waals surface area contributed by atoms with E-state index in [0.717, 1.165) is 22.7 Å². The predicted octanol–water partition coefficient (Wildman–Crippen LogP) is 4.64. The van der Waals surface area contributed by atoms with Crippen molar-refractivity contribution in [1.29, 1.82) is 5.26 Å². The van der Waals surface area contributed by atoms with Crippen LogP contribution in [0.3, 0.4) is 0 Å². The summed E-state index contributed by atoms with van der Waals surface area (Å²) in [4.78, 5) is 15.4. The molecule has 0 bridgehead atoms. The molecule has 0 spiro atoms. The second kappa shape index (κ2) is 8.08. The molecule has 1 aliphatic carbocycles. The van der Waals surface area contributed by atoms with Crippen molar-refractivity contribution < 1.29 is 14.3 Å². The largest absolute Gasteiger partial charge is 0.497 e. The van der Waals surface area contributed by atoms with E-state index < -0.39 is 5.92 Å². The highest BCUT2D eigenvalue weighted by Gasteiger charge is 2.44. The first-order chi connectivity index (χ1) is 15.3. The quantitative estimate of drug-likeness (QED) is 0.761. The van der Waals surface area contributed by atoms with Crippen molar-refractivity contribution in [2.45, 2.75) is 32.6 Å². The standard InChI is InChI=1S/C26H27N3O3/c1-26(2)13-21-24(22(30)14-26)23(16-5-9-18(31-3)10-6-16)20(15-27)25(28)29(21)17-7-11-19(32-4)12-8-17/h5-12,23H,13-14,28H2,1-4H3/t23-/m1/s1. The molecular formula is C26H27N3O3. The zero-order chi connectivity index (χ0) is 23.0. The first-order valence-electron chi connectivity index (χ1n) is 10.5. The molecule has 6 heteroatoms. The third-order valence-corrected chi connectivity index (χ3v) is 6.16. The number of nitrogens with two attached hydrogens (primary N) is 1. The molecule has 4 rings (SSSR count). The Morgan fingerprint density at radius 3 is 2.09 bits per heavy atom. The average molecular weight is 430 g/mol. The second-order valence-corrected chi connectivity index (χ2v) is 8.95. The maximum atomic E-state index is 13.5. The molecular weight excluding hydrogens is 402 g/mol. The van der Waals surface area contributed by atoms with E-state index in [1.165, 1.54) is 0 Å². The number of carbonyl (C=O) groups is 1. The van der Waals surface area contributed by atoms with Crippen molar-refractivity contribution in [3.8, 4) is 17.6 Å². The van der Waals surface area contributed by atoms with Crippen molar-refractivity contribution in [3.63, 3.8) is 0 Å². The molecule has 164 valence electrons. The molecule has 1 atom stereocenters. The van der Waals surface area contributed by atoms with E-state index >= 15 is 0 Å². The first kappa shape index (κ1) is 21.5. The number of rotatable bonds is 4. The maximum Gasteiger partial charge on any atom is 0.162 e. The van der Waals surface area contributed by atoms with Crippen molar-refractivity contribution in [2.24, 2.45) is 11.1 Å². The van der Waals surface area contributed by atoms with Gasteiger partial charge in [-0.3, -0.25) is 9.69 Å². The van der Waals surface area contributed by atoms with Gasteiger partial charge >= 0.3 is 0 Å². The molecule has 1 aliphatic heterocycles. The van der Waals surface area contributed by atoms with Gasteiger partial charge in [0.05, 0.1) is 31.8 Å². The molecule has 0 unspecified atom stereocenters. The number of methoxy groups -OCH3 is 2. The summed E-state index contributed by atoms with van der Waals surface area (Å²) >= 11 is 0. The fourth-order valence-electron chi connectivity index (χ4n) is 4.66. The van der Waals surface area contributed by atoms with Gasteiger partial charge in [0.15, 0.2) is 5.78 Å². The van der Waals surface area contributed by atoms with E-state index in [-0.39, 0.29) is 11.2 Å². The van der Waals surface area contributed by atoms with Gasteiger partial charge in [-0.15, -0.1) is 0 Å². The highest BCUT2D eigenvalue weighted by Crippen LogP contribution is 2.50. The molecule has 2 aliphatic rings. The summed E-state index contributed by atoms with van der Waals surface area (Å²) in [6.45, 7) is 4.17. The topological polar surface area (TPSA) is 88.6 Å². The fraction of sp³-hybridized carbons (Fsp3) is 0.308. The van der Waals surface area contributed by atoms with E-state index in [9.17, 15) is 10.1 Å². The van der Waals surface area contributed by atoms with Crippen LogP contribution in [0, 0.1) is 16.7 Å². The Labute approximate surface area is 188 Å². The molecule has 0 fully saturated rings. The Kier molecular flexibility index (Phi) is 5.43. The van der Waals surface area contributed by atoms with Crippen LogP contribution in [0.4, 0.5) is 5.69 Å². The monoisotopic (exact) mass is 429 g/mol. The Balaban J connectivity index is 1.94. The molecule has 2 aromatic rings. The molecule has 2 aromatic carbocycles. The number of nitrogens with zero attached hydrogens (tertiary/aromatic N) is 2. The van der Waals surface area contributed by atoms with Crippen LogP contribution in [0.15, 0.2) is 71.2 Å². The Morgan fingerprint density at radius 2 is 1.56 bits per heavy atom. The third-order valence-electron chi connectivity index (χ3n) is 6.16. The van der Waals surface area contributed by atoms with Crippen LogP contribution in [0.2, 0.25) is 0 Å². The lowest BCUT2D eigenvalue weighted by atomic mass is 9.68. The molecule has 0 aromatic heterocycles. The third kappa shape index (κ3) is 3.60. The van der Waals surface area contributed by atoms with Crippen molar-refractivity contribution in [1.82, 2.24) is 0 Å². The molecule has 1 heterocycles. The first-order valence-corrected chi connectivity index (χ1v) is 10.5. The van der Waals surface area contributed by atoms with Gasteiger partial charge in [-0.05, 0) is 53.8 Å². The fourth-order valence-corrected chi connectivity index (χ4v) is 4.66. The molecule has 32 heavy (non-hydrogen) atoms. The number of carbonyl (C=O) groups excluding carboxylic acids is 1. The van der Waals surface area contributed by atoms with Gasteiger partial charge in [-0.2, -0.15) is 5.26 Å². The maximum absolute atomic E-state index is 13.5. The van der Waals surface area contributed by atoms with Gasteiger partial charge in [0, 0.05) is 23.4 Å². The summed E-state index contributed by atoms with van der Waals surface area (Å²) in [5.74, 6) is 1.34. The van der Waals surface area contributed by atoms with Gasteiger partial charge in [0.25, 0.3) is 0 Å². The van der Waals surface area contributed by atoms with Crippen molar-refractivity contribution in [3.05, 3.63) is 76.8 Å². The van der Waals surface area contributed by atoms with Gasteiger partial charge in [-0.1, -0.05) is 26.0 Å². The minimum Gasteiger partial charge on any atom is -0.497 e. The van der Waals surface area contributed by atoms with Crippen LogP contribution in [0.1, 0.15) is 38.2 Å². The smallest absolute Gasteiger partial charge is 0.162 e. The highest BCUT2D eigenvalue weighted by molar-refractivity contribution is 6.01.